The van der Waals surface area contributed by atoms with Gasteiger partial charge in [0.2, 0.25) is 5.91 Å². The number of amides is 2. The molecule has 156 valence electrons. The zero-order valence-electron chi connectivity index (χ0n) is 17.1. The molecule has 8 heteroatoms. The van der Waals surface area contributed by atoms with Crippen LogP contribution >= 0.6 is 11.3 Å². The van der Waals surface area contributed by atoms with Crippen molar-refractivity contribution >= 4 is 23.2 Å². The molecule has 3 rings (SSSR count). The van der Waals surface area contributed by atoms with Crippen molar-refractivity contribution in [2.45, 2.75) is 33.1 Å². The smallest absolute Gasteiger partial charge is 0.276 e. The van der Waals surface area contributed by atoms with Crippen LogP contribution in [0.5, 0.6) is 5.75 Å². The Bertz CT molecular complexity index is 1020. The van der Waals surface area contributed by atoms with Gasteiger partial charge in [-0.05, 0) is 42.2 Å². The van der Waals surface area contributed by atoms with E-state index in [4.69, 9.17) is 4.74 Å². The normalized spacial score (nSPS) is 10.7. The maximum atomic E-state index is 12.1. The van der Waals surface area contributed by atoms with Gasteiger partial charge in [-0.15, -0.1) is 11.3 Å². The van der Waals surface area contributed by atoms with Gasteiger partial charge in [-0.2, -0.15) is 0 Å². The number of hydrogen-bond acceptors (Lipinski definition) is 6. The van der Waals surface area contributed by atoms with E-state index in [0.717, 1.165) is 21.7 Å². The van der Waals surface area contributed by atoms with Crippen LogP contribution in [-0.2, 0) is 16.0 Å². The molecule has 0 aliphatic rings. The zero-order valence-corrected chi connectivity index (χ0v) is 18.0. The van der Waals surface area contributed by atoms with E-state index in [9.17, 15) is 9.59 Å². The van der Waals surface area contributed by atoms with Crippen molar-refractivity contribution in [2.24, 2.45) is 0 Å². The molecule has 0 fully saturated rings. The number of carbonyl (C=O) groups is 2. The summed E-state index contributed by atoms with van der Waals surface area (Å²) in [6.07, 6.45) is 3.48. The summed E-state index contributed by atoms with van der Waals surface area (Å²) < 4.78 is 5.66. The van der Waals surface area contributed by atoms with Crippen LogP contribution in [0.4, 0.5) is 0 Å². The number of hydrazine groups is 1. The number of benzene rings is 1. The number of hydrogen-bond donors (Lipinski definition) is 2. The molecule has 0 radical (unpaired) electrons. The summed E-state index contributed by atoms with van der Waals surface area (Å²) in [5, 5.41) is 2.61. The molecule has 1 aromatic carbocycles. The second-order valence-corrected chi connectivity index (χ2v) is 8.00. The van der Waals surface area contributed by atoms with Gasteiger partial charge in [-0.1, -0.05) is 26.0 Å². The van der Waals surface area contributed by atoms with Crippen LogP contribution in [0, 0.1) is 6.92 Å². The van der Waals surface area contributed by atoms with E-state index < -0.39 is 5.91 Å². The zero-order chi connectivity index (χ0) is 21.5. The molecule has 0 spiro atoms. The Balaban J connectivity index is 1.47. The Kier molecular flexibility index (Phi) is 7.13. The summed E-state index contributed by atoms with van der Waals surface area (Å²) in [5.74, 6) is 0.161. The quantitative estimate of drug-likeness (QED) is 0.567. The predicted molar refractivity (Wildman–Crippen MR) is 116 cm³/mol. The second-order valence-electron chi connectivity index (χ2n) is 7.14. The number of nitrogens with one attached hydrogen (secondary N) is 2. The van der Waals surface area contributed by atoms with Gasteiger partial charge in [0.25, 0.3) is 5.91 Å². The van der Waals surface area contributed by atoms with Crippen LogP contribution in [-0.4, -0.2) is 28.4 Å². The van der Waals surface area contributed by atoms with Crippen LogP contribution < -0.4 is 15.6 Å². The maximum Gasteiger partial charge on any atom is 0.276 e. The SMILES string of the molecule is Cc1ccc(C(C)C)c(OCC(=O)NNC(=O)Cc2csc(-c3cccnc3)n2)c1. The maximum absolute atomic E-state index is 12.1. The molecule has 2 heterocycles. The molecule has 30 heavy (non-hydrogen) atoms. The largest absolute Gasteiger partial charge is 0.483 e. The molecule has 0 aliphatic heterocycles. The van der Waals surface area contributed by atoms with E-state index in [0.29, 0.717) is 11.4 Å². The van der Waals surface area contributed by atoms with Gasteiger partial charge < -0.3 is 4.74 Å². The van der Waals surface area contributed by atoms with Crippen molar-refractivity contribution < 1.29 is 14.3 Å². The van der Waals surface area contributed by atoms with E-state index in [-0.39, 0.29) is 24.9 Å². The molecule has 7 nitrogen and oxygen atoms in total. The summed E-state index contributed by atoms with van der Waals surface area (Å²) in [5.41, 5.74) is 8.39. The predicted octanol–water partition coefficient (Wildman–Crippen LogP) is 3.41. The van der Waals surface area contributed by atoms with Gasteiger partial charge in [-0.3, -0.25) is 25.4 Å². The summed E-state index contributed by atoms with van der Waals surface area (Å²) in [4.78, 5) is 32.7. The Morgan fingerprint density at radius 2 is 1.97 bits per heavy atom. The van der Waals surface area contributed by atoms with Crippen LogP contribution in [0.15, 0.2) is 48.1 Å². The van der Waals surface area contributed by atoms with Crippen molar-refractivity contribution in [1.29, 1.82) is 0 Å². The molecule has 2 N–H and O–H groups in total. The highest BCUT2D eigenvalue weighted by molar-refractivity contribution is 7.13. The van der Waals surface area contributed by atoms with E-state index >= 15 is 0 Å². The molecule has 2 aromatic heterocycles. The third kappa shape index (κ3) is 5.87. The lowest BCUT2D eigenvalue weighted by molar-refractivity contribution is -0.129. The highest BCUT2D eigenvalue weighted by atomic mass is 32.1. The summed E-state index contributed by atoms with van der Waals surface area (Å²) in [6.45, 7) is 5.91. The highest BCUT2D eigenvalue weighted by Crippen LogP contribution is 2.27. The van der Waals surface area contributed by atoms with Crippen molar-refractivity contribution in [1.82, 2.24) is 20.8 Å². The number of rotatable bonds is 7. The molecule has 2 amide bonds. The van der Waals surface area contributed by atoms with E-state index in [1.54, 1.807) is 12.4 Å². The lowest BCUT2D eigenvalue weighted by Crippen LogP contribution is -2.44. The van der Waals surface area contributed by atoms with Crippen molar-refractivity contribution in [2.75, 3.05) is 6.61 Å². The van der Waals surface area contributed by atoms with Crippen molar-refractivity contribution in [3.05, 3.63) is 64.9 Å². The Labute approximate surface area is 179 Å². The summed E-state index contributed by atoms with van der Waals surface area (Å²) in [7, 11) is 0. The molecule has 3 aromatic rings. The third-order valence-electron chi connectivity index (χ3n) is 4.29. The van der Waals surface area contributed by atoms with Crippen molar-refractivity contribution in [3.8, 4) is 16.3 Å². The number of pyridine rings is 1. The minimum Gasteiger partial charge on any atom is -0.483 e. The average Bonchev–Trinajstić information content (AvgIpc) is 3.19. The summed E-state index contributed by atoms with van der Waals surface area (Å²) in [6, 6.07) is 9.67. The fraction of sp³-hybridized carbons (Fsp3) is 0.273. The number of aryl methyl sites for hydroxylation is 1. The number of aromatic nitrogens is 2. The van der Waals surface area contributed by atoms with E-state index in [1.807, 2.05) is 42.6 Å². The Hall–Kier alpha value is -3.26. The van der Waals surface area contributed by atoms with Crippen LogP contribution in [0.2, 0.25) is 0 Å². The lowest BCUT2D eigenvalue weighted by atomic mass is 10.0. The summed E-state index contributed by atoms with van der Waals surface area (Å²) >= 11 is 1.44. The standard InChI is InChI=1S/C22H24N4O3S/c1-14(2)18-7-6-15(3)9-19(18)29-12-21(28)26-25-20(27)10-17-13-30-22(24-17)16-5-4-8-23-11-16/h4-9,11,13-14H,10,12H2,1-3H3,(H,25,27)(H,26,28). The average molecular weight is 425 g/mol. The fourth-order valence-electron chi connectivity index (χ4n) is 2.78. The molecule has 0 saturated carbocycles. The van der Waals surface area contributed by atoms with Crippen LogP contribution in [0.1, 0.15) is 36.6 Å². The first-order chi connectivity index (χ1) is 14.4. The molecule has 0 unspecified atom stereocenters. The van der Waals surface area contributed by atoms with Gasteiger partial charge in [0.15, 0.2) is 6.61 Å². The molecule has 0 atom stereocenters. The third-order valence-corrected chi connectivity index (χ3v) is 5.23. The molecule has 0 aliphatic carbocycles. The Morgan fingerprint density at radius 3 is 2.70 bits per heavy atom. The number of thiazole rings is 1. The number of carbonyl (C=O) groups excluding carboxylic acids is 2. The van der Waals surface area contributed by atoms with Gasteiger partial charge in [0, 0.05) is 23.3 Å². The topological polar surface area (TPSA) is 93.2 Å². The van der Waals surface area contributed by atoms with Gasteiger partial charge in [0.1, 0.15) is 10.8 Å². The van der Waals surface area contributed by atoms with Gasteiger partial charge >= 0.3 is 0 Å². The Morgan fingerprint density at radius 1 is 1.17 bits per heavy atom. The molecule has 0 saturated heterocycles. The molecular weight excluding hydrogens is 400 g/mol. The van der Waals surface area contributed by atoms with E-state index in [2.05, 4.69) is 34.7 Å². The van der Waals surface area contributed by atoms with Gasteiger partial charge in [-0.25, -0.2) is 4.98 Å². The van der Waals surface area contributed by atoms with Gasteiger partial charge in [0.05, 0.1) is 12.1 Å². The minimum absolute atomic E-state index is 0.0628. The highest BCUT2D eigenvalue weighted by Gasteiger charge is 2.12. The van der Waals surface area contributed by atoms with Crippen LogP contribution in [0.25, 0.3) is 10.6 Å². The first-order valence-electron chi connectivity index (χ1n) is 9.58. The first kappa shape index (κ1) is 21.4. The molecule has 0 bridgehead atoms. The van der Waals surface area contributed by atoms with E-state index in [1.165, 1.54) is 11.3 Å². The fourth-order valence-corrected chi connectivity index (χ4v) is 3.59. The lowest BCUT2D eigenvalue weighted by Gasteiger charge is -2.15. The monoisotopic (exact) mass is 424 g/mol. The van der Waals surface area contributed by atoms with Crippen LogP contribution in [0.3, 0.4) is 0 Å². The first-order valence-corrected chi connectivity index (χ1v) is 10.5. The van der Waals surface area contributed by atoms with Crippen molar-refractivity contribution in [3.63, 3.8) is 0 Å². The number of nitrogens with zero attached hydrogens (tertiary/aromatic N) is 2. The minimum atomic E-state index is -0.436. The number of ether oxygens (including phenoxy) is 1. The second kappa shape index (κ2) is 9.98. The molecular formula is C22H24N4O3S.